The Morgan fingerprint density at radius 1 is 1.37 bits per heavy atom. The van der Waals surface area contributed by atoms with Crippen molar-refractivity contribution in [2.75, 3.05) is 11.8 Å². The number of para-hydroxylation sites is 1. The maximum atomic E-state index is 13.4. The lowest BCUT2D eigenvalue weighted by atomic mass is 10.2. The summed E-state index contributed by atoms with van der Waals surface area (Å²) in [4.78, 5) is 21.6. The first-order valence-corrected chi connectivity index (χ1v) is 6.15. The largest absolute Gasteiger partial charge is 0.478 e. The highest BCUT2D eigenvalue weighted by molar-refractivity contribution is 7.91. The Morgan fingerprint density at radius 2 is 2.00 bits per heavy atom. The molecule has 0 aliphatic rings. The van der Waals surface area contributed by atoms with E-state index in [0.29, 0.717) is 0 Å². The van der Waals surface area contributed by atoms with Gasteiger partial charge in [-0.25, -0.2) is 18.7 Å². The van der Waals surface area contributed by atoms with Crippen molar-refractivity contribution in [2.45, 2.75) is 0 Å². The van der Waals surface area contributed by atoms with Gasteiger partial charge in [0.05, 0.1) is 12.7 Å². The number of aromatic carboxylic acids is 1. The van der Waals surface area contributed by atoms with E-state index in [9.17, 15) is 22.4 Å². The average molecular weight is 292 g/mol. The smallest absolute Gasteiger partial charge is 0.422 e. The lowest BCUT2D eigenvalue weighted by Crippen LogP contribution is -2.35. The van der Waals surface area contributed by atoms with E-state index in [1.54, 1.807) is 4.72 Å². The van der Waals surface area contributed by atoms with Gasteiger partial charge in [-0.3, -0.25) is 4.72 Å². The average Bonchev–Trinajstić information content (AvgIpc) is 2.30. The van der Waals surface area contributed by atoms with Gasteiger partial charge < -0.3 is 9.84 Å². The molecule has 104 valence electrons. The van der Waals surface area contributed by atoms with E-state index in [0.717, 1.165) is 25.3 Å². The summed E-state index contributed by atoms with van der Waals surface area (Å²) in [6.07, 6.45) is -1.30. The van der Waals surface area contributed by atoms with Crippen LogP contribution in [0.2, 0.25) is 0 Å². The highest BCUT2D eigenvalue weighted by Gasteiger charge is 2.21. The third-order valence-corrected chi connectivity index (χ3v) is 2.79. The van der Waals surface area contributed by atoms with Crippen LogP contribution in [0.1, 0.15) is 10.4 Å². The van der Waals surface area contributed by atoms with Crippen molar-refractivity contribution in [3.63, 3.8) is 0 Å². The summed E-state index contributed by atoms with van der Waals surface area (Å²) in [6, 6.07) is 2.97. The lowest BCUT2D eigenvalue weighted by Gasteiger charge is -2.11. The van der Waals surface area contributed by atoms with Crippen molar-refractivity contribution in [3.05, 3.63) is 29.6 Å². The van der Waals surface area contributed by atoms with Crippen molar-refractivity contribution < 1.29 is 32.2 Å². The summed E-state index contributed by atoms with van der Waals surface area (Å²) in [7, 11) is -3.58. The molecule has 19 heavy (non-hydrogen) atoms. The number of ether oxygens (including phenoxy) is 1. The number of rotatable bonds is 4. The van der Waals surface area contributed by atoms with E-state index >= 15 is 0 Å². The Kier molecular flexibility index (Phi) is 4.27. The topological polar surface area (TPSA) is 122 Å². The number of carbonyl (C=O) groups is 2. The van der Waals surface area contributed by atoms with Gasteiger partial charge in [-0.2, -0.15) is 8.42 Å². The molecule has 0 aliphatic heterocycles. The summed E-state index contributed by atoms with van der Waals surface area (Å²) in [5, 5.41) is 8.80. The van der Waals surface area contributed by atoms with Gasteiger partial charge in [-0.15, -0.1) is 0 Å². The van der Waals surface area contributed by atoms with E-state index in [1.807, 2.05) is 0 Å². The van der Waals surface area contributed by atoms with Crippen molar-refractivity contribution in [3.8, 4) is 0 Å². The Morgan fingerprint density at radius 3 is 2.53 bits per heavy atom. The van der Waals surface area contributed by atoms with Crippen molar-refractivity contribution in [1.82, 2.24) is 4.72 Å². The maximum absolute atomic E-state index is 13.4. The second-order valence-corrected chi connectivity index (χ2v) is 4.58. The molecule has 8 nitrogen and oxygen atoms in total. The van der Waals surface area contributed by atoms with Crippen LogP contribution < -0.4 is 9.44 Å². The predicted octanol–water partition coefficient (Wildman–Crippen LogP) is 0.537. The number of amides is 1. The van der Waals surface area contributed by atoms with Gasteiger partial charge in [0.2, 0.25) is 0 Å². The fraction of sp³-hybridized carbons (Fsp3) is 0.111. The minimum atomic E-state index is -4.50. The van der Waals surface area contributed by atoms with Crippen LogP contribution in [-0.2, 0) is 14.9 Å². The molecule has 1 amide bonds. The van der Waals surface area contributed by atoms with Gasteiger partial charge in [0.25, 0.3) is 0 Å². The van der Waals surface area contributed by atoms with E-state index in [2.05, 4.69) is 4.74 Å². The van der Waals surface area contributed by atoms with Gasteiger partial charge in [0, 0.05) is 0 Å². The van der Waals surface area contributed by atoms with Crippen LogP contribution in [0, 0.1) is 5.82 Å². The van der Waals surface area contributed by atoms with Crippen LogP contribution in [-0.4, -0.2) is 32.7 Å². The highest BCUT2D eigenvalue weighted by Crippen LogP contribution is 2.20. The van der Waals surface area contributed by atoms with E-state index in [1.165, 1.54) is 4.72 Å². The molecular formula is C9H9FN2O6S. The van der Waals surface area contributed by atoms with Gasteiger partial charge in [-0.1, -0.05) is 6.07 Å². The van der Waals surface area contributed by atoms with Gasteiger partial charge in [0.1, 0.15) is 11.5 Å². The molecule has 0 heterocycles. The molecule has 0 saturated carbocycles. The zero-order chi connectivity index (χ0) is 14.6. The Bertz CT molecular complexity index is 615. The standard InChI is InChI=1S/C9H9FN2O6S/c1-18-9(15)12-19(16,17)11-7-5(8(13)14)3-2-4-6(7)10/h2-4,11H,1H3,(H,12,15)(H,13,14). The molecule has 0 bridgehead atoms. The van der Waals surface area contributed by atoms with E-state index in [4.69, 9.17) is 5.11 Å². The third kappa shape index (κ3) is 3.81. The summed E-state index contributed by atoms with van der Waals surface area (Å²) >= 11 is 0. The molecule has 0 spiro atoms. The van der Waals surface area contributed by atoms with Crippen molar-refractivity contribution in [2.24, 2.45) is 0 Å². The quantitative estimate of drug-likeness (QED) is 0.744. The van der Waals surface area contributed by atoms with Crippen LogP contribution in [0.5, 0.6) is 0 Å². The summed E-state index contributed by atoms with van der Waals surface area (Å²) in [5.74, 6) is -2.63. The summed E-state index contributed by atoms with van der Waals surface area (Å²) < 4.78 is 43.3. The van der Waals surface area contributed by atoms with E-state index in [-0.39, 0.29) is 0 Å². The Labute approximate surface area is 107 Å². The lowest BCUT2D eigenvalue weighted by molar-refractivity contribution is 0.0697. The molecule has 0 saturated heterocycles. The van der Waals surface area contributed by atoms with Crippen LogP contribution in [0.15, 0.2) is 18.2 Å². The third-order valence-electron chi connectivity index (χ3n) is 1.88. The van der Waals surface area contributed by atoms with E-state index < -0.39 is 39.3 Å². The first-order valence-electron chi connectivity index (χ1n) is 4.67. The molecule has 0 atom stereocenters. The minimum absolute atomic E-state index is 0.602. The van der Waals surface area contributed by atoms with Crippen molar-refractivity contribution in [1.29, 1.82) is 0 Å². The second-order valence-electron chi connectivity index (χ2n) is 3.17. The highest BCUT2D eigenvalue weighted by atomic mass is 32.2. The summed E-state index contributed by atoms with van der Waals surface area (Å²) in [6.45, 7) is 0. The van der Waals surface area contributed by atoms with Gasteiger partial charge in [-0.05, 0) is 12.1 Å². The summed E-state index contributed by atoms with van der Waals surface area (Å²) in [5.41, 5.74) is -1.39. The zero-order valence-electron chi connectivity index (χ0n) is 9.51. The second kappa shape index (κ2) is 5.52. The molecular weight excluding hydrogens is 283 g/mol. The molecule has 0 radical (unpaired) electrons. The molecule has 1 aromatic rings. The van der Waals surface area contributed by atoms with Crippen molar-refractivity contribution >= 4 is 28.0 Å². The maximum Gasteiger partial charge on any atom is 0.422 e. The normalized spacial score (nSPS) is 10.6. The fourth-order valence-corrected chi connectivity index (χ4v) is 1.95. The molecule has 0 aromatic heterocycles. The number of benzene rings is 1. The number of carboxylic acids is 1. The predicted molar refractivity (Wildman–Crippen MR) is 61.4 cm³/mol. The van der Waals surface area contributed by atoms with Crippen LogP contribution in [0.25, 0.3) is 0 Å². The molecule has 1 rings (SSSR count). The number of carbonyl (C=O) groups excluding carboxylic acids is 1. The molecule has 10 heteroatoms. The minimum Gasteiger partial charge on any atom is -0.478 e. The van der Waals surface area contributed by atoms with Gasteiger partial charge >= 0.3 is 22.3 Å². The Hall–Kier alpha value is -2.36. The fourth-order valence-electron chi connectivity index (χ4n) is 1.12. The molecule has 1 aromatic carbocycles. The molecule has 0 unspecified atom stereocenters. The number of nitrogens with one attached hydrogen (secondary N) is 2. The van der Waals surface area contributed by atoms with Crippen LogP contribution in [0.3, 0.4) is 0 Å². The zero-order valence-corrected chi connectivity index (χ0v) is 10.3. The molecule has 0 fully saturated rings. The number of hydrogen-bond acceptors (Lipinski definition) is 5. The van der Waals surface area contributed by atoms with Gasteiger partial charge in [0.15, 0.2) is 0 Å². The number of methoxy groups -OCH3 is 1. The number of hydrogen-bond donors (Lipinski definition) is 3. The van der Waals surface area contributed by atoms with Crippen LogP contribution >= 0.6 is 0 Å². The van der Waals surface area contributed by atoms with Crippen LogP contribution in [0.4, 0.5) is 14.9 Å². The molecule has 3 N–H and O–H groups in total. The number of halogens is 1. The number of carboxylic acid groups (broad SMARTS) is 1. The SMILES string of the molecule is COC(=O)NS(=O)(=O)Nc1c(F)cccc1C(=O)O. The first kappa shape index (κ1) is 14.7. The monoisotopic (exact) mass is 292 g/mol. The first-order chi connectivity index (χ1) is 8.76. The molecule has 0 aliphatic carbocycles. The number of anilines is 1. The Balaban J connectivity index is 3.12.